The molecule has 0 aliphatic rings. The maximum absolute atomic E-state index is 12.3. The molecular weight excluding hydrogens is 235 g/mol. The third kappa shape index (κ3) is 3.27. The Labute approximate surface area is 85.1 Å². The van der Waals surface area contributed by atoms with Crippen LogP contribution in [0.25, 0.3) is 0 Å². The maximum atomic E-state index is 12.3. The van der Waals surface area contributed by atoms with Gasteiger partial charge in [0.25, 0.3) is 0 Å². The van der Waals surface area contributed by atoms with E-state index in [1.807, 2.05) is 6.07 Å². The van der Waals surface area contributed by atoms with Gasteiger partial charge in [-0.2, -0.15) is 0 Å². The van der Waals surface area contributed by atoms with Gasteiger partial charge in [-0.1, -0.05) is 22.0 Å². The molecule has 0 aromatic heterocycles. The summed E-state index contributed by atoms with van der Waals surface area (Å²) in [5.41, 5.74) is 1.64. The molecule has 70 valence electrons. The minimum atomic E-state index is -0.465. The van der Waals surface area contributed by atoms with E-state index in [0.717, 1.165) is 16.3 Å². The normalized spacial score (nSPS) is 10.0. The number of carbonyl (C=O) groups excluding carboxylic acids is 1. The lowest BCUT2D eigenvalue weighted by atomic mass is 10.1. The first-order valence-corrected chi connectivity index (χ1v) is 4.83. The van der Waals surface area contributed by atoms with E-state index >= 15 is 0 Å². The van der Waals surface area contributed by atoms with Crippen molar-refractivity contribution in [3.8, 4) is 0 Å². The van der Waals surface area contributed by atoms with Crippen LogP contribution in [0.4, 0.5) is 4.39 Å². The molecule has 0 N–H and O–H groups in total. The number of halogens is 2. The predicted molar refractivity (Wildman–Crippen MR) is 53.3 cm³/mol. The SMILES string of the molecule is O=CCCc1cc(Br)cc(CF)c1. The lowest BCUT2D eigenvalue weighted by Gasteiger charge is -2.02. The molecule has 13 heavy (non-hydrogen) atoms. The van der Waals surface area contributed by atoms with Gasteiger partial charge in [0, 0.05) is 10.9 Å². The topological polar surface area (TPSA) is 17.1 Å². The van der Waals surface area contributed by atoms with Gasteiger partial charge in [-0.3, -0.25) is 0 Å². The second-order valence-electron chi connectivity index (χ2n) is 2.81. The van der Waals surface area contributed by atoms with Crippen LogP contribution < -0.4 is 0 Å². The molecule has 0 aliphatic carbocycles. The fraction of sp³-hybridized carbons (Fsp3) is 0.300. The molecule has 0 fully saturated rings. The molecule has 1 rings (SSSR count). The highest BCUT2D eigenvalue weighted by Crippen LogP contribution is 2.17. The van der Waals surface area contributed by atoms with Gasteiger partial charge in [-0.15, -0.1) is 0 Å². The van der Waals surface area contributed by atoms with Crippen LogP contribution in [0.1, 0.15) is 17.5 Å². The lowest BCUT2D eigenvalue weighted by molar-refractivity contribution is -0.107. The Morgan fingerprint density at radius 1 is 1.31 bits per heavy atom. The molecule has 1 aromatic carbocycles. The molecule has 1 nitrogen and oxygen atoms in total. The van der Waals surface area contributed by atoms with E-state index in [2.05, 4.69) is 15.9 Å². The van der Waals surface area contributed by atoms with Crippen LogP contribution >= 0.6 is 15.9 Å². The second-order valence-corrected chi connectivity index (χ2v) is 3.72. The first-order chi connectivity index (χ1) is 6.26. The van der Waals surface area contributed by atoms with Crippen molar-refractivity contribution in [2.24, 2.45) is 0 Å². The van der Waals surface area contributed by atoms with Gasteiger partial charge >= 0.3 is 0 Å². The number of aldehydes is 1. The maximum Gasteiger partial charge on any atom is 0.120 e. The Bertz CT molecular complexity index is 299. The van der Waals surface area contributed by atoms with Gasteiger partial charge in [-0.05, 0) is 29.7 Å². The first kappa shape index (κ1) is 10.4. The summed E-state index contributed by atoms with van der Waals surface area (Å²) in [6.07, 6.45) is 2.04. The molecule has 0 unspecified atom stereocenters. The average Bonchev–Trinajstić information content (AvgIpc) is 2.14. The Morgan fingerprint density at radius 2 is 2.00 bits per heavy atom. The monoisotopic (exact) mass is 244 g/mol. The van der Waals surface area contributed by atoms with E-state index in [1.165, 1.54) is 0 Å². The number of rotatable bonds is 4. The molecule has 3 heteroatoms. The first-order valence-electron chi connectivity index (χ1n) is 4.04. The van der Waals surface area contributed by atoms with Crippen molar-refractivity contribution in [2.45, 2.75) is 19.5 Å². The average molecular weight is 245 g/mol. The van der Waals surface area contributed by atoms with Gasteiger partial charge in [0.1, 0.15) is 13.0 Å². The van der Waals surface area contributed by atoms with E-state index < -0.39 is 6.67 Å². The zero-order chi connectivity index (χ0) is 9.68. The van der Waals surface area contributed by atoms with Gasteiger partial charge in [-0.25, -0.2) is 4.39 Å². The van der Waals surface area contributed by atoms with E-state index in [9.17, 15) is 9.18 Å². The van der Waals surface area contributed by atoms with Gasteiger partial charge in [0.2, 0.25) is 0 Å². The molecule has 0 heterocycles. The van der Waals surface area contributed by atoms with E-state index in [1.54, 1.807) is 12.1 Å². The predicted octanol–water partition coefficient (Wildman–Crippen LogP) is 3.05. The van der Waals surface area contributed by atoms with Gasteiger partial charge in [0.05, 0.1) is 0 Å². The highest BCUT2D eigenvalue weighted by molar-refractivity contribution is 9.10. The highest BCUT2D eigenvalue weighted by Gasteiger charge is 1.98. The minimum absolute atomic E-state index is 0.465. The third-order valence-electron chi connectivity index (χ3n) is 1.72. The molecule has 0 bridgehead atoms. The Balaban J connectivity index is 2.81. The summed E-state index contributed by atoms with van der Waals surface area (Å²) in [7, 11) is 0. The minimum Gasteiger partial charge on any atom is -0.303 e. The molecule has 0 atom stereocenters. The molecule has 0 saturated heterocycles. The van der Waals surface area contributed by atoms with Crippen LogP contribution in [0.3, 0.4) is 0 Å². The number of benzene rings is 1. The van der Waals surface area contributed by atoms with Crippen molar-refractivity contribution in [1.29, 1.82) is 0 Å². The van der Waals surface area contributed by atoms with Crippen molar-refractivity contribution in [3.63, 3.8) is 0 Å². The molecule has 1 aromatic rings. The zero-order valence-corrected chi connectivity index (χ0v) is 8.68. The summed E-state index contributed by atoms with van der Waals surface area (Å²) in [6, 6.07) is 5.43. The standard InChI is InChI=1S/C10H10BrFO/c11-10-5-8(2-1-3-13)4-9(6-10)7-12/h3-6H,1-2,7H2. The molecule has 0 aliphatic heterocycles. The van der Waals surface area contributed by atoms with E-state index in [4.69, 9.17) is 0 Å². The summed E-state index contributed by atoms with van der Waals surface area (Å²) in [5, 5.41) is 0. The Kier molecular flexibility index (Phi) is 4.09. The number of carbonyl (C=O) groups is 1. The fourth-order valence-corrected chi connectivity index (χ4v) is 1.75. The van der Waals surface area contributed by atoms with Gasteiger partial charge < -0.3 is 4.79 Å². The molecule has 0 saturated carbocycles. The van der Waals surface area contributed by atoms with Crippen molar-refractivity contribution in [1.82, 2.24) is 0 Å². The van der Waals surface area contributed by atoms with Crippen LogP contribution in [-0.2, 0) is 17.9 Å². The van der Waals surface area contributed by atoms with E-state index in [0.29, 0.717) is 18.4 Å². The van der Waals surface area contributed by atoms with Crippen LogP contribution in [0.15, 0.2) is 22.7 Å². The summed E-state index contributed by atoms with van der Waals surface area (Å²) >= 11 is 3.29. The third-order valence-corrected chi connectivity index (χ3v) is 2.18. The van der Waals surface area contributed by atoms with Crippen LogP contribution in [0, 0.1) is 0 Å². The smallest absolute Gasteiger partial charge is 0.120 e. The van der Waals surface area contributed by atoms with Gasteiger partial charge in [0.15, 0.2) is 0 Å². The van der Waals surface area contributed by atoms with E-state index in [-0.39, 0.29) is 0 Å². The largest absolute Gasteiger partial charge is 0.303 e. The van der Waals surface area contributed by atoms with Crippen molar-refractivity contribution in [3.05, 3.63) is 33.8 Å². The summed E-state index contributed by atoms with van der Waals surface area (Å²) in [4.78, 5) is 10.1. The summed E-state index contributed by atoms with van der Waals surface area (Å²) in [6.45, 7) is -0.465. The summed E-state index contributed by atoms with van der Waals surface area (Å²) in [5.74, 6) is 0. The molecule has 0 radical (unpaired) electrons. The number of hydrogen-bond donors (Lipinski definition) is 0. The second kappa shape index (κ2) is 5.12. The van der Waals surface area contributed by atoms with Crippen LogP contribution in [-0.4, -0.2) is 6.29 Å². The number of hydrogen-bond acceptors (Lipinski definition) is 1. The molecule has 0 amide bonds. The van der Waals surface area contributed by atoms with Crippen molar-refractivity contribution >= 4 is 22.2 Å². The van der Waals surface area contributed by atoms with Crippen LogP contribution in [0.5, 0.6) is 0 Å². The zero-order valence-electron chi connectivity index (χ0n) is 7.09. The van der Waals surface area contributed by atoms with Crippen molar-refractivity contribution in [2.75, 3.05) is 0 Å². The lowest BCUT2D eigenvalue weighted by Crippen LogP contribution is -1.89. The Hall–Kier alpha value is -0.700. The van der Waals surface area contributed by atoms with Crippen molar-refractivity contribution < 1.29 is 9.18 Å². The molecular formula is C10H10BrFO. The fourth-order valence-electron chi connectivity index (χ4n) is 1.16. The highest BCUT2D eigenvalue weighted by atomic mass is 79.9. The molecule has 0 spiro atoms. The number of aryl methyl sites for hydroxylation is 1. The summed E-state index contributed by atoms with van der Waals surface area (Å²) < 4.78 is 13.2. The quantitative estimate of drug-likeness (QED) is 0.745. The Morgan fingerprint density at radius 3 is 2.62 bits per heavy atom. The van der Waals surface area contributed by atoms with Crippen LogP contribution in [0.2, 0.25) is 0 Å². The number of alkyl halides is 1.